The first-order valence-electron chi connectivity index (χ1n) is 6.65. The first-order chi connectivity index (χ1) is 8.15. The second-order valence-corrected chi connectivity index (χ2v) is 5.46. The van der Waals surface area contributed by atoms with Crippen LogP contribution in [0.25, 0.3) is 0 Å². The lowest BCUT2D eigenvalue weighted by Gasteiger charge is -2.33. The van der Waals surface area contributed by atoms with Crippen molar-refractivity contribution in [1.29, 1.82) is 5.26 Å². The Bertz CT molecular complexity index is 328. The fraction of sp³-hybridized carbons (Fsp3) is 0.846. The average molecular weight is 235 g/mol. The zero-order valence-corrected chi connectivity index (χ0v) is 10.2. The predicted molar refractivity (Wildman–Crippen MR) is 64.9 cm³/mol. The van der Waals surface area contributed by atoms with Gasteiger partial charge in [-0.25, -0.2) is 0 Å². The summed E-state index contributed by atoms with van der Waals surface area (Å²) in [5.74, 6) is -0.0597. The van der Waals surface area contributed by atoms with Crippen LogP contribution in [0.15, 0.2) is 0 Å². The molecule has 4 heteroatoms. The highest BCUT2D eigenvalue weighted by atomic mass is 16.2. The molecule has 17 heavy (non-hydrogen) atoms. The van der Waals surface area contributed by atoms with Crippen molar-refractivity contribution in [1.82, 2.24) is 5.32 Å². The fourth-order valence-corrected chi connectivity index (χ4v) is 3.01. The van der Waals surface area contributed by atoms with E-state index < -0.39 is 5.54 Å². The van der Waals surface area contributed by atoms with Gasteiger partial charge >= 0.3 is 0 Å². The number of amides is 1. The zero-order chi connectivity index (χ0) is 12.3. The van der Waals surface area contributed by atoms with Gasteiger partial charge in [0.1, 0.15) is 0 Å². The van der Waals surface area contributed by atoms with Crippen LogP contribution in [0.2, 0.25) is 0 Å². The molecule has 4 nitrogen and oxygen atoms in total. The van der Waals surface area contributed by atoms with Crippen molar-refractivity contribution in [3.05, 3.63) is 0 Å². The summed E-state index contributed by atoms with van der Waals surface area (Å²) >= 11 is 0. The number of carbonyl (C=O) groups is 1. The summed E-state index contributed by atoms with van der Waals surface area (Å²) in [5.41, 5.74) is 5.49. The number of nitrogens with one attached hydrogen (secondary N) is 1. The highest BCUT2D eigenvalue weighted by molar-refractivity contribution is 5.86. The smallest absolute Gasteiger partial charge is 0.240 e. The standard InChI is InChI=1S/C13H21N3O/c14-9-10-5-4-6-11(10)16-12(17)13(15)7-2-1-3-8-13/h10-11H,1-8,15H2,(H,16,17). The van der Waals surface area contributed by atoms with Gasteiger partial charge in [0.2, 0.25) is 5.91 Å². The van der Waals surface area contributed by atoms with E-state index in [9.17, 15) is 4.79 Å². The minimum absolute atomic E-state index is 0.0221. The van der Waals surface area contributed by atoms with Crippen molar-refractivity contribution >= 4 is 5.91 Å². The molecule has 2 rings (SSSR count). The summed E-state index contributed by atoms with van der Waals surface area (Å²) < 4.78 is 0. The van der Waals surface area contributed by atoms with Gasteiger partial charge in [-0.1, -0.05) is 19.3 Å². The highest BCUT2D eigenvalue weighted by Gasteiger charge is 2.38. The number of nitrogens with two attached hydrogens (primary N) is 1. The summed E-state index contributed by atoms with van der Waals surface area (Å²) in [5, 5.41) is 12.0. The van der Waals surface area contributed by atoms with Crippen LogP contribution in [0, 0.1) is 17.2 Å². The Balaban J connectivity index is 1.94. The molecule has 0 aliphatic heterocycles. The molecule has 2 aliphatic rings. The van der Waals surface area contributed by atoms with Crippen LogP contribution in [0.3, 0.4) is 0 Å². The first-order valence-corrected chi connectivity index (χ1v) is 6.65. The lowest BCUT2D eigenvalue weighted by Crippen LogP contribution is -2.57. The van der Waals surface area contributed by atoms with E-state index >= 15 is 0 Å². The molecule has 94 valence electrons. The largest absolute Gasteiger partial charge is 0.350 e. The topological polar surface area (TPSA) is 78.9 Å². The highest BCUT2D eigenvalue weighted by Crippen LogP contribution is 2.29. The minimum atomic E-state index is -0.680. The maximum absolute atomic E-state index is 12.2. The molecule has 0 aromatic carbocycles. The Morgan fingerprint density at radius 3 is 2.59 bits per heavy atom. The first kappa shape index (κ1) is 12.4. The van der Waals surface area contributed by atoms with E-state index in [1.165, 1.54) is 6.42 Å². The van der Waals surface area contributed by atoms with E-state index in [0.29, 0.717) is 0 Å². The van der Waals surface area contributed by atoms with Crippen molar-refractivity contribution in [2.24, 2.45) is 11.7 Å². The summed E-state index contributed by atoms with van der Waals surface area (Å²) in [4.78, 5) is 12.2. The molecule has 0 spiro atoms. The molecule has 0 bridgehead atoms. The molecular weight excluding hydrogens is 214 g/mol. The Labute approximate surface area is 103 Å². The number of hydrogen-bond donors (Lipinski definition) is 2. The second kappa shape index (κ2) is 5.05. The Morgan fingerprint density at radius 2 is 1.94 bits per heavy atom. The van der Waals surface area contributed by atoms with Gasteiger partial charge in [0.15, 0.2) is 0 Å². The normalized spacial score (nSPS) is 31.8. The van der Waals surface area contributed by atoms with Crippen molar-refractivity contribution in [2.75, 3.05) is 0 Å². The van der Waals surface area contributed by atoms with E-state index in [1.54, 1.807) is 0 Å². The van der Waals surface area contributed by atoms with Gasteiger partial charge in [0, 0.05) is 6.04 Å². The third-order valence-electron chi connectivity index (χ3n) is 4.20. The molecule has 0 aromatic rings. The van der Waals surface area contributed by atoms with Crippen molar-refractivity contribution in [3.63, 3.8) is 0 Å². The van der Waals surface area contributed by atoms with Crippen LogP contribution < -0.4 is 11.1 Å². The molecule has 0 aromatic heterocycles. The van der Waals surface area contributed by atoms with Crippen molar-refractivity contribution in [2.45, 2.75) is 62.9 Å². The molecule has 1 amide bonds. The summed E-state index contributed by atoms with van der Waals surface area (Å²) in [6.45, 7) is 0. The van der Waals surface area contributed by atoms with Crippen molar-refractivity contribution < 1.29 is 4.79 Å². The van der Waals surface area contributed by atoms with E-state index in [-0.39, 0.29) is 17.9 Å². The zero-order valence-electron chi connectivity index (χ0n) is 10.2. The van der Waals surface area contributed by atoms with E-state index in [2.05, 4.69) is 11.4 Å². The number of carbonyl (C=O) groups excluding carboxylic acids is 1. The van der Waals surface area contributed by atoms with Gasteiger partial charge in [-0.15, -0.1) is 0 Å². The van der Waals surface area contributed by atoms with Crippen LogP contribution in [0.5, 0.6) is 0 Å². The molecule has 2 unspecified atom stereocenters. The Morgan fingerprint density at radius 1 is 1.24 bits per heavy atom. The number of nitriles is 1. The summed E-state index contributed by atoms with van der Waals surface area (Å²) in [6.07, 6.45) is 7.66. The van der Waals surface area contributed by atoms with Gasteiger partial charge in [-0.2, -0.15) is 5.26 Å². The van der Waals surface area contributed by atoms with Gasteiger partial charge in [0.25, 0.3) is 0 Å². The Hall–Kier alpha value is -1.08. The van der Waals surface area contributed by atoms with Gasteiger partial charge in [0.05, 0.1) is 17.5 Å². The summed E-state index contributed by atoms with van der Waals surface area (Å²) in [6, 6.07) is 2.30. The van der Waals surface area contributed by atoms with Crippen LogP contribution in [0.4, 0.5) is 0 Å². The van der Waals surface area contributed by atoms with Gasteiger partial charge in [-0.3, -0.25) is 4.79 Å². The van der Waals surface area contributed by atoms with Crippen LogP contribution >= 0.6 is 0 Å². The van der Waals surface area contributed by atoms with Crippen molar-refractivity contribution in [3.8, 4) is 6.07 Å². The van der Waals surface area contributed by atoms with Gasteiger partial charge in [-0.05, 0) is 32.1 Å². The quantitative estimate of drug-likeness (QED) is 0.760. The van der Waals surface area contributed by atoms with Gasteiger partial charge < -0.3 is 11.1 Å². The number of hydrogen-bond acceptors (Lipinski definition) is 3. The van der Waals surface area contributed by atoms with E-state index in [4.69, 9.17) is 11.0 Å². The third-order valence-corrected chi connectivity index (χ3v) is 4.20. The second-order valence-electron chi connectivity index (χ2n) is 5.46. The molecule has 0 radical (unpaired) electrons. The number of rotatable bonds is 2. The average Bonchev–Trinajstić information content (AvgIpc) is 2.77. The third kappa shape index (κ3) is 2.61. The minimum Gasteiger partial charge on any atom is -0.350 e. The Kier molecular flexibility index (Phi) is 3.68. The SMILES string of the molecule is N#CC1CCCC1NC(=O)C1(N)CCCCC1. The molecular formula is C13H21N3O. The lowest BCUT2D eigenvalue weighted by atomic mass is 9.81. The molecule has 0 heterocycles. The number of nitrogens with zero attached hydrogens (tertiary/aromatic N) is 1. The monoisotopic (exact) mass is 235 g/mol. The van der Waals surface area contributed by atoms with Crippen LogP contribution in [-0.2, 0) is 4.79 Å². The molecule has 2 aliphatic carbocycles. The summed E-state index contributed by atoms with van der Waals surface area (Å²) in [7, 11) is 0. The van der Waals surface area contributed by atoms with Crippen LogP contribution in [-0.4, -0.2) is 17.5 Å². The lowest BCUT2D eigenvalue weighted by molar-refractivity contribution is -0.128. The van der Waals surface area contributed by atoms with E-state index in [1.807, 2.05) is 0 Å². The molecule has 2 atom stereocenters. The predicted octanol–water partition coefficient (Wildman–Crippen LogP) is 1.46. The molecule has 0 saturated heterocycles. The maximum Gasteiger partial charge on any atom is 0.240 e. The van der Waals surface area contributed by atoms with Crippen LogP contribution in [0.1, 0.15) is 51.4 Å². The van der Waals surface area contributed by atoms with E-state index in [0.717, 1.165) is 44.9 Å². The fourth-order valence-electron chi connectivity index (χ4n) is 3.01. The molecule has 3 N–H and O–H groups in total. The molecule has 2 saturated carbocycles. The molecule has 2 fully saturated rings. The maximum atomic E-state index is 12.2.